The predicted molar refractivity (Wildman–Crippen MR) is 79.6 cm³/mol. The molecule has 0 saturated heterocycles. The van der Waals surface area contributed by atoms with Crippen molar-refractivity contribution in [1.82, 2.24) is 15.2 Å². The topological polar surface area (TPSA) is 80.2 Å². The van der Waals surface area contributed by atoms with Crippen molar-refractivity contribution in [3.63, 3.8) is 0 Å². The highest BCUT2D eigenvalue weighted by Crippen LogP contribution is 1.98. The minimum Gasteiger partial charge on any atom is -0.329 e. The number of nitrogens with one attached hydrogen (secondary N) is 1. The van der Waals surface area contributed by atoms with Gasteiger partial charge in [0.25, 0.3) is 0 Å². The molecule has 0 amide bonds. The summed E-state index contributed by atoms with van der Waals surface area (Å²) in [6.07, 6.45) is 1.17. The van der Waals surface area contributed by atoms with Crippen LogP contribution in [0.25, 0.3) is 0 Å². The molecule has 0 atom stereocenters. The molecule has 19 heavy (non-hydrogen) atoms. The molecule has 5 N–H and O–H groups in total. The molecule has 1 aromatic heterocycles. The summed E-state index contributed by atoms with van der Waals surface area (Å²) in [5, 5.41) is 3.41. The second-order valence-electron chi connectivity index (χ2n) is 4.63. The summed E-state index contributed by atoms with van der Waals surface area (Å²) in [6, 6.07) is 5.98. The standard InChI is InChI=1S/C14H27N5/c1-2-8-19(9-6-15)10-7-17-12-14-5-3-4-13(11-16)18-14/h3-5,17H,2,6-12,15-16H2,1H3. The third kappa shape index (κ3) is 6.63. The van der Waals surface area contributed by atoms with Crippen LogP contribution < -0.4 is 16.8 Å². The van der Waals surface area contributed by atoms with Crippen LogP contribution in [0.15, 0.2) is 18.2 Å². The van der Waals surface area contributed by atoms with Crippen LogP contribution in [-0.2, 0) is 13.1 Å². The maximum Gasteiger partial charge on any atom is 0.0545 e. The van der Waals surface area contributed by atoms with Gasteiger partial charge >= 0.3 is 0 Å². The first-order valence-corrected chi connectivity index (χ1v) is 7.08. The average molecular weight is 265 g/mol. The first-order valence-electron chi connectivity index (χ1n) is 7.08. The van der Waals surface area contributed by atoms with Crippen LogP contribution in [0, 0.1) is 0 Å². The molecule has 0 saturated carbocycles. The summed E-state index contributed by atoms with van der Waals surface area (Å²) in [6.45, 7) is 8.26. The van der Waals surface area contributed by atoms with Gasteiger partial charge in [-0.3, -0.25) is 4.98 Å². The van der Waals surface area contributed by atoms with Gasteiger partial charge < -0.3 is 21.7 Å². The number of nitrogens with two attached hydrogens (primary N) is 2. The van der Waals surface area contributed by atoms with Crippen LogP contribution in [0.1, 0.15) is 24.7 Å². The number of pyridine rings is 1. The van der Waals surface area contributed by atoms with Crippen LogP contribution in [0.2, 0.25) is 0 Å². The molecule has 0 aliphatic heterocycles. The van der Waals surface area contributed by atoms with Crippen LogP contribution in [0.3, 0.4) is 0 Å². The van der Waals surface area contributed by atoms with E-state index >= 15 is 0 Å². The minimum atomic E-state index is 0.495. The van der Waals surface area contributed by atoms with Crippen molar-refractivity contribution in [2.45, 2.75) is 26.4 Å². The molecular weight excluding hydrogens is 238 g/mol. The van der Waals surface area contributed by atoms with E-state index in [0.29, 0.717) is 6.54 Å². The SMILES string of the molecule is CCCN(CCN)CCNCc1cccc(CN)n1. The van der Waals surface area contributed by atoms with E-state index < -0.39 is 0 Å². The van der Waals surface area contributed by atoms with Crippen LogP contribution >= 0.6 is 0 Å². The molecule has 1 heterocycles. The van der Waals surface area contributed by atoms with Gasteiger partial charge in [-0.05, 0) is 25.1 Å². The van der Waals surface area contributed by atoms with Crippen molar-refractivity contribution in [2.24, 2.45) is 11.5 Å². The number of nitrogens with zero attached hydrogens (tertiary/aromatic N) is 2. The Morgan fingerprint density at radius 2 is 1.95 bits per heavy atom. The van der Waals surface area contributed by atoms with Gasteiger partial charge in [-0.15, -0.1) is 0 Å². The molecule has 0 fully saturated rings. The van der Waals surface area contributed by atoms with Gasteiger partial charge in [0, 0.05) is 39.3 Å². The molecule has 0 aliphatic carbocycles. The lowest BCUT2D eigenvalue weighted by Crippen LogP contribution is -2.36. The van der Waals surface area contributed by atoms with E-state index in [1.54, 1.807) is 0 Å². The molecule has 108 valence electrons. The number of hydrogen-bond acceptors (Lipinski definition) is 5. The molecule has 0 bridgehead atoms. The fourth-order valence-electron chi connectivity index (χ4n) is 2.03. The third-order valence-electron chi connectivity index (χ3n) is 2.97. The first kappa shape index (κ1) is 16.0. The van der Waals surface area contributed by atoms with Crippen LogP contribution in [0.5, 0.6) is 0 Å². The number of hydrogen-bond donors (Lipinski definition) is 3. The highest BCUT2D eigenvalue weighted by molar-refractivity contribution is 5.10. The maximum absolute atomic E-state index is 5.60. The van der Waals surface area contributed by atoms with Gasteiger partial charge in [-0.1, -0.05) is 13.0 Å². The van der Waals surface area contributed by atoms with Crippen molar-refractivity contribution in [3.05, 3.63) is 29.6 Å². The van der Waals surface area contributed by atoms with Crippen molar-refractivity contribution in [3.8, 4) is 0 Å². The molecule has 0 unspecified atom stereocenters. The fourth-order valence-corrected chi connectivity index (χ4v) is 2.03. The Hall–Kier alpha value is -1.01. The highest BCUT2D eigenvalue weighted by Gasteiger charge is 2.02. The first-order chi connectivity index (χ1) is 9.30. The van der Waals surface area contributed by atoms with E-state index in [9.17, 15) is 0 Å². The number of rotatable bonds is 10. The lowest BCUT2D eigenvalue weighted by molar-refractivity contribution is 0.280. The molecule has 0 radical (unpaired) electrons. The normalized spacial score (nSPS) is 11.2. The van der Waals surface area contributed by atoms with Crippen molar-refractivity contribution >= 4 is 0 Å². The Kier molecular flexibility index (Phi) is 8.33. The van der Waals surface area contributed by atoms with E-state index in [1.807, 2.05) is 18.2 Å². The Morgan fingerprint density at radius 1 is 1.16 bits per heavy atom. The summed E-state index contributed by atoms with van der Waals surface area (Å²) < 4.78 is 0. The van der Waals surface area contributed by atoms with E-state index in [-0.39, 0.29) is 0 Å². The molecule has 0 aliphatic rings. The molecule has 0 aromatic carbocycles. The Morgan fingerprint density at radius 3 is 2.63 bits per heavy atom. The largest absolute Gasteiger partial charge is 0.329 e. The predicted octanol–water partition coefficient (Wildman–Crippen LogP) is 0.301. The second kappa shape index (κ2) is 9.86. The van der Waals surface area contributed by atoms with Crippen LogP contribution in [-0.4, -0.2) is 42.6 Å². The van der Waals surface area contributed by atoms with Crippen molar-refractivity contribution in [1.29, 1.82) is 0 Å². The van der Waals surface area contributed by atoms with Gasteiger partial charge in [0.2, 0.25) is 0 Å². The summed E-state index contributed by atoms with van der Waals surface area (Å²) >= 11 is 0. The Balaban J connectivity index is 2.25. The van der Waals surface area contributed by atoms with Gasteiger partial charge in [0.1, 0.15) is 0 Å². The van der Waals surface area contributed by atoms with E-state index in [2.05, 4.69) is 22.1 Å². The summed E-state index contributed by atoms with van der Waals surface area (Å²) in [5.41, 5.74) is 13.2. The average Bonchev–Trinajstić information content (AvgIpc) is 2.44. The molecular formula is C14H27N5. The van der Waals surface area contributed by atoms with Gasteiger partial charge in [-0.25, -0.2) is 0 Å². The molecule has 1 rings (SSSR count). The molecule has 5 nitrogen and oxygen atoms in total. The Labute approximate surface area is 116 Å². The fraction of sp³-hybridized carbons (Fsp3) is 0.643. The zero-order valence-corrected chi connectivity index (χ0v) is 11.9. The quantitative estimate of drug-likeness (QED) is 0.530. The van der Waals surface area contributed by atoms with Crippen molar-refractivity contribution in [2.75, 3.05) is 32.7 Å². The summed E-state index contributed by atoms with van der Waals surface area (Å²) in [7, 11) is 0. The molecule has 5 heteroatoms. The smallest absolute Gasteiger partial charge is 0.0545 e. The van der Waals surface area contributed by atoms with Gasteiger partial charge in [-0.2, -0.15) is 0 Å². The number of aromatic nitrogens is 1. The zero-order chi connectivity index (χ0) is 13.9. The van der Waals surface area contributed by atoms with Gasteiger partial charge in [0.15, 0.2) is 0 Å². The molecule has 0 spiro atoms. The van der Waals surface area contributed by atoms with Crippen molar-refractivity contribution < 1.29 is 0 Å². The van der Waals surface area contributed by atoms with Gasteiger partial charge in [0.05, 0.1) is 11.4 Å². The van der Waals surface area contributed by atoms with E-state index in [0.717, 1.165) is 50.7 Å². The zero-order valence-electron chi connectivity index (χ0n) is 11.9. The third-order valence-corrected chi connectivity index (χ3v) is 2.97. The summed E-state index contributed by atoms with van der Waals surface area (Å²) in [5.74, 6) is 0. The minimum absolute atomic E-state index is 0.495. The molecule has 1 aromatic rings. The lowest BCUT2D eigenvalue weighted by atomic mass is 10.3. The Bertz CT molecular complexity index is 336. The maximum atomic E-state index is 5.60. The van der Waals surface area contributed by atoms with E-state index in [1.165, 1.54) is 6.42 Å². The monoisotopic (exact) mass is 265 g/mol. The highest BCUT2D eigenvalue weighted by atomic mass is 15.1. The van der Waals surface area contributed by atoms with E-state index in [4.69, 9.17) is 11.5 Å². The van der Waals surface area contributed by atoms with Crippen LogP contribution in [0.4, 0.5) is 0 Å². The summed E-state index contributed by atoms with van der Waals surface area (Å²) in [4.78, 5) is 6.85. The lowest BCUT2D eigenvalue weighted by Gasteiger charge is -2.20. The second-order valence-corrected chi connectivity index (χ2v) is 4.63.